The van der Waals surface area contributed by atoms with Gasteiger partial charge in [-0.05, 0) is 25.0 Å². The van der Waals surface area contributed by atoms with E-state index in [2.05, 4.69) is 15.5 Å². The topological polar surface area (TPSA) is 106 Å². The Bertz CT molecular complexity index is 1230. The van der Waals surface area contributed by atoms with Crippen LogP contribution >= 0.6 is 0 Å². The van der Waals surface area contributed by atoms with E-state index in [1.807, 2.05) is 61.5 Å². The van der Waals surface area contributed by atoms with Crippen molar-refractivity contribution in [2.45, 2.75) is 25.9 Å². The molecule has 0 bridgehead atoms. The third kappa shape index (κ3) is 3.64. The summed E-state index contributed by atoms with van der Waals surface area (Å²) in [6.07, 6.45) is 0.468. The molecule has 1 unspecified atom stereocenters. The van der Waals surface area contributed by atoms with Crippen molar-refractivity contribution in [3.05, 3.63) is 76.2 Å². The Balaban J connectivity index is 1.52. The van der Waals surface area contributed by atoms with E-state index in [-0.39, 0.29) is 11.5 Å². The number of carbonyl (C=O) groups excluding carboxylic acids is 1. The van der Waals surface area contributed by atoms with Crippen LogP contribution in [0.15, 0.2) is 59.4 Å². The SMILES string of the molecule is Cc1[nH]nc2c1c(=O)n(CCNC(=O)C(N)Cc1ccccc1)c1ccccc21. The number of aromatic amines is 1. The van der Waals surface area contributed by atoms with Crippen molar-refractivity contribution in [3.63, 3.8) is 0 Å². The molecule has 2 heterocycles. The lowest BCUT2D eigenvalue weighted by Gasteiger charge is -2.14. The number of nitrogens with two attached hydrogens (primary N) is 1. The molecule has 1 amide bonds. The van der Waals surface area contributed by atoms with Crippen molar-refractivity contribution in [1.29, 1.82) is 0 Å². The monoisotopic (exact) mass is 389 g/mol. The molecule has 0 fully saturated rings. The molecule has 0 aliphatic carbocycles. The largest absolute Gasteiger partial charge is 0.353 e. The smallest absolute Gasteiger partial charge is 0.262 e. The molecule has 4 rings (SSSR count). The Kier molecular flexibility index (Phi) is 5.14. The first-order chi connectivity index (χ1) is 14.1. The average molecular weight is 389 g/mol. The van der Waals surface area contributed by atoms with Gasteiger partial charge >= 0.3 is 0 Å². The molecule has 0 aliphatic heterocycles. The minimum absolute atomic E-state index is 0.118. The van der Waals surface area contributed by atoms with Crippen molar-refractivity contribution in [1.82, 2.24) is 20.1 Å². The summed E-state index contributed by atoms with van der Waals surface area (Å²) in [7, 11) is 0. The number of aromatic nitrogens is 3. The zero-order valence-electron chi connectivity index (χ0n) is 16.2. The summed E-state index contributed by atoms with van der Waals surface area (Å²) in [6.45, 7) is 2.50. The second-order valence-corrected chi connectivity index (χ2v) is 7.13. The molecule has 1 atom stereocenters. The Labute approximate surface area is 167 Å². The molecule has 4 aromatic rings. The van der Waals surface area contributed by atoms with Gasteiger partial charge in [-0.1, -0.05) is 48.5 Å². The van der Waals surface area contributed by atoms with Crippen LogP contribution in [0.5, 0.6) is 0 Å². The highest BCUT2D eigenvalue weighted by Crippen LogP contribution is 2.22. The van der Waals surface area contributed by atoms with E-state index in [0.29, 0.717) is 30.4 Å². The highest BCUT2D eigenvalue weighted by Gasteiger charge is 2.16. The average Bonchev–Trinajstić information content (AvgIpc) is 3.13. The van der Waals surface area contributed by atoms with Crippen molar-refractivity contribution in [2.75, 3.05) is 6.54 Å². The van der Waals surface area contributed by atoms with Gasteiger partial charge < -0.3 is 15.6 Å². The first-order valence-corrected chi connectivity index (χ1v) is 9.59. The lowest BCUT2D eigenvalue weighted by Crippen LogP contribution is -2.43. The molecule has 29 heavy (non-hydrogen) atoms. The zero-order chi connectivity index (χ0) is 20.4. The number of fused-ring (bicyclic) bond motifs is 3. The summed E-state index contributed by atoms with van der Waals surface area (Å²) < 4.78 is 1.68. The fourth-order valence-corrected chi connectivity index (χ4v) is 3.64. The van der Waals surface area contributed by atoms with Crippen LogP contribution in [0.1, 0.15) is 11.3 Å². The zero-order valence-corrected chi connectivity index (χ0v) is 16.2. The standard InChI is InChI=1S/C22H23N5O2/c1-14-19-20(26-25-14)16-9-5-6-10-18(16)27(22(19)29)12-11-24-21(28)17(23)13-15-7-3-2-4-8-15/h2-10,17H,11-13,23H2,1H3,(H,24,28)(H,25,26). The van der Waals surface area contributed by atoms with Crippen LogP contribution in [0, 0.1) is 6.92 Å². The van der Waals surface area contributed by atoms with Gasteiger partial charge in [-0.15, -0.1) is 0 Å². The highest BCUT2D eigenvalue weighted by atomic mass is 16.2. The van der Waals surface area contributed by atoms with Crippen LogP contribution in [0.3, 0.4) is 0 Å². The van der Waals surface area contributed by atoms with Gasteiger partial charge in [0.05, 0.1) is 16.9 Å². The predicted octanol–water partition coefficient (Wildman–Crippen LogP) is 1.87. The van der Waals surface area contributed by atoms with Crippen LogP contribution in [-0.4, -0.2) is 33.3 Å². The molecule has 148 valence electrons. The Morgan fingerprint density at radius 2 is 1.90 bits per heavy atom. The van der Waals surface area contributed by atoms with E-state index in [0.717, 1.165) is 22.2 Å². The number of nitrogens with zero attached hydrogens (tertiary/aromatic N) is 2. The summed E-state index contributed by atoms with van der Waals surface area (Å²) in [5.74, 6) is -0.230. The summed E-state index contributed by atoms with van der Waals surface area (Å²) in [5, 5.41) is 11.5. The number of H-pyrrole nitrogens is 1. The summed E-state index contributed by atoms with van der Waals surface area (Å²) >= 11 is 0. The maximum absolute atomic E-state index is 13.0. The molecule has 0 saturated heterocycles. The van der Waals surface area contributed by atoms with Crippen LogP contribution in [0.2, 0.25) is 0 Å². The molecule has 0 radical (unpaired) electrons. The number of amides is 1. The van der Waals surface area contributed by atoms with E-state index >= 15 is 0 Å². The number of aryl methyl sites for hydroxylation is 1. The van der Waals surface area contributed by atoms with Gasteiger partial charge in [-0.25, -0.2) is 0 Å². The van der Waals surface area contributed by atoms with Crippen LogP contribution in [-0.2, 0) is 17.8 Å². The first-order valence-electron chi connectivity index (χ1n) is 9.59. The first kappa shape index (κ1) is 18.9. The van der Waals surface area contributed by atoms with Gasteiger partial charge in [0, 0.05) is 24.2 Å². The van der Waals surface area contributed by atoms with Crippen LogP contribution < -0.4 is 16.6 Å². The number of nitrogens with one attached hydrogen (secondary N) is 2. The van der Waals surface area contributed by atoms with Crippen molar-refractivity contribution in [3.8, 4) is 0 Å². The number of carbonyl (C=O) groups is 1. The number of rotatable bonds is 6. The van der Waals surface area contributed by atoms with Crippen molar-refractivity contribution >= 4 is 27.7 Å². The van der Waals surface area contributed by atoms with Crippen LogP contribution in [0.4, 0.5) is 0 Å². The third-order valence-electron chi connectivity index (χ3n) is 5.13. The van der Waals surface area contributed by atoms with Crippen molar-refractivity contribution < 1.29 is 4.79 Å². The van der Waals surface area contributed by atoms with Crippen LogP contribution in [0.25, 0.3) is 21.8 Å². The fourth-order valence-electron chi connectivity index (χ4n) is 3.64. The molecule has 2 aromatic carbocycles. The van der Waals surface area contributed by atoms with E-state index in [1.165, 1.54) is 0 Å². The molecular formula is C22H23N5O2. The fraction of sp³-hybridized carbons (Fsp3) is 0.227. The number of hydrogen-bond donors (Lipinski definition) is 3. The maximum Gasteiger partial charge on any atom is 0.262 e. The van der Waals surface area contributed by atoms with Gasteiger partial charge in [0.2, 0.25) is 5.91 Å². The van der Waals surface area contributed by atoms with Gasteiger partial charge in [0.1, 0.15) is 5.52 Å². The van der Waals surface area contributed by atoms with E-state index in [1.54, 1.807) is 4.57 Å². The van der Waals surface area contributed by atoms with Gasteiger partial charge in [-0.3, -0.25) is 14.7 Å². The lowest BCUT2D eigenvalue weighted by molar-refractivity contribution is -0.122. The van der Waals surface area contributed by atoms with E-state index < -0.39 is 6.04 Å². The van der Waals surface area contributed by atoms with Gasteiger partial charge in [0.25, 0.3) is 5.56 Å². The molecule has 0 spiro atoms. The summed E-state index contributed by atoms with van der Waals surface area (Å²) in [6, 6.07) is 16.7. The van der Waals surface area contributed by atoms with Crippen molar-refractivity contribution in [2.24, 2.45) is 5.73 Å². The molecule has 2 aromatic heterocycles. The second kappa shape index (κ2) is 7.89. The second-order valence-electron chi connectivity index (χ2n) is 7.13. The molecular weight excluding hydrogens is 366 g/mol. The molecule has 7 heteroatoms. The van der Waals surface area contributed by atoms with E-state index in [9.17, 15) is 9.59 Å². The van der Waals surface area contributed by atoms with Gasteiger partial charge in [-0.2, -0.15) is 5.10 Å². The third-order valence-corrected chi connectivity index (χ3v) is 5.13. The minimum Gasteiger partial charge on any atom is -0.353 e. The minimum atomic E-state index is -0.635. The Morgan fingerprint density at radius 3 is 2.69 bits per heavy atom. The lowest BCUT2D eigenvalue weighted by atomic mass is 10.1. The molecule has 0 saturated carbocycles. The quantitative estimate of drug-likeness (QED) is 0.468. The Morgan fingerprint density at radius 1 is 1.17 bits per heavy atom. The number of benzene rings is 2. The van der Waals surface area contributed by atoms with Gasteiger partial charge in [0.15, 0.2) is 0 Å². The number of pyridine rings is 1. The molecule has 4 N–H and O–H groups in total. The maximum atomic E-state index is 13.0. The Hall–Kier alpha value is -3.45. The number of hydrogen-bond acceptors (Lipinski definition) is 4. The molecule has 0 aliphatic rings. The van der Waals surface area contributed by atoms with E-state index in [4.69, 9.17) is 5.73 Å². The predicted molar refractivity (Wildman–Crippen MR) is 114 cm³/mol. The summed E-state index contributed by atoms with van der Waals surface area (Å²) in [4.78, 5) is 25.4. The highest BCUT2D eigenvalue weighted by molar-refractivity contribution is 6.03. The summed E-state index contributed by atoms with van der Waals surface area (Å²) in [5.41, 5.74) is 9.13. The number of para-hydroxylation sites is 1. The molecule has 7 nitrogen and oxygen atoms in total. The normalized spacial score (nSPS) is 12.3.